The molecule has 0 N–H and O–H groups in total. The van der Waals surface area contributed by atoms with Crippen LogP contribution in [0.3, 0.4) is 0 Å². The van der Waals surface area contributed by atoms with Crippen molar-refractivity contribution in [2.24, 2.45) is 0 Å². The molecule has 0 spiro atoms. The summed E-state index contributed by atoms with van der Waals surface area (Å²) >= 11 is 0. The molecule has 6 nitrogen and oxygen atoms in total. The van der Waals surface area contributed by atoms with E-state index in [0.717, 1.165) is 77.0 Å². The van der Waals surface area contributed by atoms with E-state index in [-0.39, 0.29) is 37.5 Å². The molecule has 0 aliphatic heterocycles. The van der Waals surface area contributed by atoms with Gasteiger partial charge in [0, 0.05) is 19.3 Å². The van der Waals surface area contributed by atoms with Gasteiger partial charge in [0.15, 0.2) is 6.10 Å². The van der Waals surface area contributed by atoms with Crippen molar-refractivity contribution >= 4 is 17.9 Å². The summed E-state index contributed by atoms with van der Waals surface area (Å²) in [5.74, 6) is -1.000. The highest BCUT2D eigenvalue weighted by Gasteiger charge is 2.19. The molecule has 0 bridgehead atoms. The van der Waals surface area contributed by atoms with Crippen LogP contribution in [0, 0.1) is 0 Å². The molecule has 0 saturated carbocycles. The maximum Gasteiger partial charge on any atom is 0.306 e. The van der Waals surface area contributed by atoms with Crippen molar-refractivity contribution in [3.05, 3.63) is 85.1 Å². The zero-order chi connectivity index (χ0) is 45.8. The maximum absolute atomic E-state index is 12.8. The molecule has 63 heavy (non-hydrogen) atoms. The summed E-state index contributed by atoms with van der Waals surface area (Å²) in [5, 5.41) is 0. The Kier molecular flexibility index (Phi) is 48.5. The van der Waals surface area contributed by atoms with Gasteiger partial charge in [0.05, 0.1) is 0 Å². The van der Waals surface area contributed by atoms with E-state index in [2.05, 4.69) is 51.2 Å². The Hall–Kier alpha value is -3.41. The number of hydrogen-bond donors (Lipinski definition) is 0. The smallest absolute Gasteiger partial charge is 0.306 e. The first-order chi connectivity index (χ1) is 31.0. The van der Waals surface area contributed by atoms with Crippen LogP contribution in [0.2, 0.25) is 0 Å². The Morgan fingerprint density at radius 2 is 0.651 bits per heavy atom. The molecule has 0 fully saturated rings. The Balaban J connectivity index is 4.49. The van der Waals surface area contributed by atoms with Gasteiger partial charge in [0.1, 0.15) is 13.2 Å². The van der Waals surface area contributed by atoms with Gasteiger partial charge in [-0.05, 0) is 83.5 Å². The monoisotopic (exact) mass is 877 g/mol. The molecule has 0 radical (unpaired) electrons. The Bertz CT molecular complexity index is 1240. The van der Waals surface area contributed by atoms with Crippen molar-refractivity contribution in [3.8, 4) is 0 Å². The molecule has 360 valence electrons. The van der Waals surface area contributed by atoms with Gasteiger partial charge < -0.3 is 14.2 Å². The lowest BCUT2D eigenvalue weighted by Crippen LogP contribution is -2.30. The van der Waals surface area contributed by atoms with Crippen molar-refractivity contribution < 1.29 is 28.6 Å². The lowest BCUT2D eigenvalue weighted by molar-refractivity contribution is -0.167. The van der Waals surface area contributed by atoms with Gasteiger partial charge in [0.25, 0.3) is 0 Å². The fourth-order valence-electron chi connectivity index (χ4n) is 7.05. The van der Waals surface area contributed by atoms with Crippen LogP contribution in [0.5, 0.6) is 0 Å². The number of allylic oxidation sites excluding steroid dienone is 14. The molecule has 1 unspecified atom stereocenters. The van der Waals surface area contributed by atoms with E-state index >= 15 is 0 Å². The summed E-state index contributed by atoms with van der Waals surface area (Å²) in [5.41, 5.74) is 0. The number of unbranched alkanes of at least 4 members (excludes halogenated alkanes) is 25. The molecule has 0 aliphatic rings. The minimum Gasteiger partial charge on any atom is -0.462 e. The lowest BCUT2D eigenvalue weighted by Gasteiger charge is -2.18. The number of esters is 3. The Morgan fingerprint density at radius 1 is 0.333 bits per heavy atom. The second-order valence-electron chi connectivity index (χ2n) is 17.2. The molecular formula is C57H96O6. The van der Waals surface area contributed by atoms with Gasteiger partial charge in [-0.3, -0.25) is 14.4 Å². The molecule has 0 aliphatic carbocycles. The van der Waals surface area contributed by atoms with E-state index in [0.29, 0.717) is 19.3 Å². The summed E-state index contributed by atoms with van der Waals surface area (Å²) < 4.78 is 16.7. The summed E-state index contributed by atoms with van der Waals surface area (Å²) in [6.45, 7) is 6.41. The van der Waals surface area contributed by atoms with E-state index < -0.39 is 6.10 Å². The summed E-state index contributed by atoms with van der Waals surface area (Å²) in [4.78, 5) is 37.9. The molecule has 0 aromatic heterocycles. The largest absolute Gasteiger partial charge is 0.462 e. The Morgan fingerprint density at radius 3 is 1.06 bits per heavy atom. The molecule has 0 aromatic rings. The molecule has 6 heteroatoms. The fourth-order valence-corrected chi connectivity index (χ4v) is 7.05. The standard InChI is InChI=1S/C57H96O6/c1-4-7-10-13-16-19-22-25-27-29-32-35-38-41-44-47-50-56(59)62-53-54(52-61-55(58)49-46-43-40-37-34-31-24-21-18-15-12-9-6-3)63-57(60)51-48-45-42-39-36-33-30-28-26-23-20-17-14-11-8-5-2/h9,12,15,18,21,24,27-31,34,37,40,54H,4-8,10-11,13-14,16-17,19-20,22-23,25-26,32-33,35-36,38-39,41-53H2,1-3H3/b12-9-,18-15-,24-21-,29-27-,30-28-,34-31-,40-37-. The van der Waals surface area contributed by atoms with Crippen LogP contribution in [0.15, 0.2) is 85.1 Å². The average Bonchev–Trinajstić information content (AvgIpc) is 3.28. The molecular weight excluding hydrogens is 781 g/mol. The highest BCUT2D eigenvalue weighted by Crippen LogP contribution is 2.14. The first kappa shape index (κ1) is 59.6. The van der Waals surface area contributed by atoms with Crippen molar-refractivity contribution in [3.63, 3.8) is 0 Å². The van der Waals surface area contributed by atoms with E-state index in [1.165, 1.54) is 116 Å². The normalized spacial score (nSPS) is 12.7. The van der Waals surface area contributed by atoms with Gasteiger partial charge >= 0.3 is 17.9 Å². The van der Waals surface area contributed by atoms with E-state index in [9.17, 15) is 14.4 Å². The zero-order valence-electron chi connectivity index (χ0n) is 41.1. The van der Waals surface area contributed by atoms with Gasteiger partial charge in [-0.1, -0.05) is 221 Å². The average molecular weight is 877 g/mol. The number of hydrogen-bond acceptors (Lipinski definition) is 6. The second-order valence-corrected chi connectivity index (χ2v) is 17.2. The van der Waals surface area contributed by atoms with Crippen molar-refractivity contribution in [2.45, 2.75) is 245 Å². The summed E-state index contributed by atoms with van der Waals surface area (Å²) in [7, 11) is 0. The first-order valence-corrected chi connectivity index (χ1v) is 26.2. The van der Waals surface area contributed by atoms with Gasteiger partial charge in [0.2, 0.25) is 0 Å². The van der Waals surface area contributed by atoms with Crippen LogP contribution in [0.4, 0.5) is 0 Å². The molecule has 0 saturated heterocycles. The Labute approximate surface area is 388 Å². The minimum atomic E-state index is -0.812. The van der Waals surface area contributed by atoms with Crippen LogP contribution in [0.25, 0.3) is 0 Å². The van der Waals surface area contributed by atoms with Crippen LogP contribution in [0.1, 0.15) is 239 Å². The van der Waals surface area contributed by atoms with Crippen LogP contribution in [-0.2, 0) is 28.6 Å². The lowest BCUT2D eigenvalue weighted by atomic mass is 10.1. The number of rotatable bonds is 46. The molecule has 0 rings (SSSR count). The maximum atomic E-state index is 12.8. The van der Waals surface area contributed by atoms with E-state index in [1.807, 2.05) is 54.7 Å². The van der Waals surface area contributed by atoms with Crippen molar-refractivity contribution in [1.29, 1.82) is 0 Å². The van der Waals surface area contributed by atoms with Crippen molar-refractivity contribution in [1.82, 2.24) is 0 Å². The predicted molar refractivity (Wildman–Crippen MR) is 270 cm³/mol. The van der Waals surface area contributed by atoms with Gasteiger partial charge in [-0.2, -0.15) is 0 Å². The third kappa shape index (κ3) is 49.5. The minimum absolute atomic E-state index is 0.107. The van der Waals surface area contributed by atoms with Crippen LogP contribution in [-0.4, -0.2) is 37.2 Å². The number of carbonyl (C=O) groups is 3. The first-order valence-electron chi connectivity index (χ1n) is 26.2. The SMILES string of the molecule is CC\C=C/C=C\C=C/C=C\C=C/CCCC(=O)OCC(COC(=O)CCCCCCC/C=C\CCCCCCCCC)OC(=O)CCCCCCC/C=C\CCCCCCCCC. The van der Waals surface area contributed by atoms with Crippen LogP contribution < -0.4 is 0 Å². The predicted octanol–water partition coefficient (Wildman–Crippen LogP) is 17.2. The molecule has 0 amide bonds. The molecule has 0 heterocycles. The van der Waals surface area contributed by atoms with Crippen LogP contribution >= 0.6 is 0 Å². The summed E-state index contributed by atoms with van der Waals surface area (Å²) in [6, 6.07) is 0. The molecule has 1 atom stereocenters. The summed E-state index contributed by atoms with van der Waals surface area (Å²) in [6.07, 6.45) is 65.8. The topological polar surface area (TPSA) is 78.9 Å². The number of ether oxygens (including phenoxy) is 3. The quantitative estimate of drug-likeness (QED) is 0.0199. The highest BCUT2D eigenvalue weighted by atomic mass is 16.6. The molecule has 0 aromatic carbocycles. The fraction of sp³-hybridized carbons (Fsp3) is 0.702. The third-order valence-corrected chi connectivity index (χ3v) is 11.0. The second kappa shape index (κ2) is 51.2. The van der Waals surface area contributed by atoms with Crippen molar-refractivity contribution in [2.75, 3.05) is 13.2 Å². The van der Waals surface area contributed by atoms with Gasteiger partial charge in [-0.25, -0.2) is 0 Å². The number of carbonyl (C=O) groups excluding carboxylic acids is 3. The third-order valence-electron chi connectivity index (χ3n) is 11.0. The van der Waals surface area contributed by atoms with E-state index in [4.69, 9.17) is 14.2 Å². The van der Waals surface area contributed by atoms with E-state index in [1.54, 1.807) is 0 Å². The van der Waals surface area contributed by atoms with Gasteiger partial charge in [-0.15, -0.1) is 0 Å². The highest BCUT2D eigenvalue weighted by molar-refractivity contribution is 5.71. The zero-order valence-corrected chi connectivity index (χ0v) is 41.1.